The number of hydrogen-bond donors (Lipinski definition) is 5. The molecule has 3 aromatic heterocycles. The molecule has 0 radical (unpaired) electrons. The normalized spacial score (nSPS) is 27.2. The Hall–Kier alpha value is -3.16. The van der Waals surface area contributed by atoms with Gasteiger partial charge in [0.2, 0.25) is 5.95 Å². The summed E-state index contributed by atoms with van der Waals surface area (Å²) >= 11 is 0. The van der Waals surface area contributed by atoms with Gasteiger partial charge in [0.15, 0.2) is 11.3 Å². The van der Waals surface area contributed by atoms with Gasteiger partial charge in [-0.05, 0) is 45.7 Å². The molecule has 0 amide bonds. The lowest BCUT2D eigenvalue weighted by molar-refractivity contribution is -0.115. The maximum Gasteiger partial charge on any atom is 0.405 e. The number of nitrogens with zero attached hydrogens (tertiary/aromatic N) is 3. The van der Waals surface area contributed by atoms with E-state index < -0.39 is 36.1 Å². The molecular formula is C23H26F3N5O5. The minimum absolute atomic E-state index is 0.0652. The summed E-state index contributed by atoms with van der Waals surface area (Å²) in [7, 11) is 0. The lowest BCUT2D eigenvalue weighted by Gasteiger charge is -2.32. The Morgan fingerprint density at radius 1 is 1.19 bits per heavy atom. The molecule has 5 rings (SSSR count). The van der Waals surface area contributed by atoms with Gasteiger partial charge >= 0.3 is 6.18 Å². The molecule has 0 aliphatic heterocycles. The number of aliphatic hydroxyl groups excluding tert-OH is 1. The van der Waals surface area contributed by atoms with Gasteiger partial charge in [-0.1, -0.05) is 0 Å². The van der Waals surface area contributed by atoms with E-state index in [9.17, 15) is 28.5 Å². The number of alkyl halides is 3. The summed E-state index contributed by atoms with van der Waals surface area (Å²) < 4.78 is 50.1. The van der Waals surface area contributed by atoms with Gasteiger partial charge in [-0.25, -0.2) is 9.97 Å². The van der Waals surface area contributed by atoms with Crippen LogP contribution in [0, 0.1) is 19.8 Å². The lowest BCUT2D eigenvalue weighted by Crippen LogP contribution is -2.51. The zero-order valence-corrected chi connectivity index (χ0v) is 19.8. The van der Waals surface area contributed by atoms with E-state index in [0.717, 1.165) is 0 Å². The third kappa shape index (κ3) is 3.91. The fourth-order valence-electron chi connectivity index (χ4n) is 5.00. The highest BCUT2D eigenvalue weighted by Crippen LogP contribution is 2.61. The number of fused-ring (bicyclic) bond motifs is 2. The molecule has 3 heterocycles. The Bertz CT molecular complexity index is 1330. The predicted octanol–water partition coefficient (Wildman–Crippen LogP) is 2.89. The molecule has 2 fully saturated rings. The molecule has 0 spiro atoms. The van der Waals surface area contributed by atoms with E-state index in [-0.39, 0.29) is 41.1 Å². The van der Waals surface area contributed by atoms with Crippen molar-refractivity contribution in [1.82, 2.24) is 15.0 Å². The largest absolute Gasteiger partial charge is 0.475 e. The van der Waals surface area contributed by atoms with Crippen LogP contribution in [0.2, 0.25) is 0 Å². The molecule has 2 saturated carbocycles. The van der Waals surface area contributed by atoms with Crippen LogP contribution in [0.25, 0.3) is 22.3 Å². The number of aromatic nitrogens is 3. The van der Waals surface area contributed by atoms with Crippen LogP contribution in [-0.4, -0.2) is 67.0 Å². The molecule has 0 bridgehead atoms. The molecule has 0 saturated heterocycles. The summed E-state index contributed by atoms with van der Waals surface area (Å²) in [6, 6.07) is 3.47. The number of ether oxygens (including phenoxy) is 1. The van der Waals surface area contributed by atoms with E-state index >= 15 is 0 Å². The summed E-state index contributed by atoms with van der Waals surface area (Å²) in [5, 5.41) is 37.8. The first-order chi connectivity index (χ1) is 16.9. The first kappa shape index (κ1) is 24.5. The van der Waals surface area contributed by atoms with Gasteiger partial charge in [-0.2, -0.15) is 18.2 Å². The number of rotatable bonds is 7. The van der Waals surface area contributed by atoms with E-state index in [1.165, 1.54) is 0 Å². The molecule has 10 nitrogen and oxygen atoms in total. The van der Waals surface area contributed by atoms with Crippen molar-refractivity contribution < 1.29 is 37.6 Å². The van der Waals surface area contributed by atoms with Crippen LogP contribution in [0.5, 0.6) is 5.88 Å². The smallest absolute Gasteiger partial charge is 0.405 e. The standard InChI is InChI=1S/C23H26F3N5O5/c1-4-35-19-16-12(7-10(2)28-19)8-14(36-16)15-11(3)29-20(27-9-22(24,25)26)30-18(15)31-21(33)6-5-13-17(32)23(13,21)34/h7-8,13,17,32-34H,4-6,9H2,1-3H3,(H2,27,29,30,31). The fourth-order valence-corrected chi connectivity index (χ4v) is 5.00. The summed E-state index contributed by atoms with van der Waals surface area (Å²) in [6.07, 6.45) is -5.19. The number of nitrogens with one attached hydrogen (secondary N) is 2. The average molecular weight is 509 g/mol. The molecule has 36 heavy (non-hydrogen) atoms. The molecule has 4 atom stereocenters. The monoisotopic (exact) mass is 509 g/mol. The maximum atomic E-state index is 12.8. The van der Waals surface area contributed by atoms with Gasteiger partial charge in [0.1, 0.15) is 23.7 Å². The van der Waals surface area contributed by atoms with Crippen molar-refractivity contribution in [1.29, 1.82) is 0 Å². The second kappa shape index (κ2) is 8.18. The van der Waals surface area contributed by atoms with E-state index in [1.54, 1.807) is 32.9 Å². The fraction of sp³-hybridized carbons (Fsp3) is 0.522. The Kier molecular flexibility index (Phi) is 5.57. The van der Waals surface area contributed by atoms with Gasteiger partial charge in [0.25, 0.3) is 5.88 Å². The van der Waals surface area contributed by atoms with Crippen LogP contribution in [0.3, 0.4) is 0 Å². The molecule has 13 heteroatoms. The first-order valence-electron chi connectivity index (χ1n) is 11.5. The third-order valence-corrected chi connectivity index (χ3v) is 6.75. The minimum Gasteiger partial charge on any atom is -0.475 e. The second-order valence-corrected chi connectivity index (χ2v) is 9.26. The summed E-state index contributed by atoms with van der Waals surface area (Å²) in [5.74, 6) is -0.380. The minimum atomic E-state index is -4.51. The van der Waals surface area contributed by atoms with Crippen molar-refractivity contribution in [2.75, 3.05) is 23.8 Å². The van der Waals surface area contributed by atoms with Gasteiger partial charge in [0.05, 0.1) is 24.0 Å². The quantitative estimate of drug-likeness (QED) is 0.301. The van der Waals surface area contributed by atoms with Crippen LogP contribution >= 0.6 is 0 Å². The van der Waals surface area contributed by atoms with Crippen molar-refractivity contribution >= 4 is 22.7 Å². The highest BCUT2D eigenvalue weighted by Gasteiger charge is 2.78. The number of aryl methyl sites for hydroxylation is 2. The molecule has 5 N–H and O–H groups in total. The Morgan fingerprint density at radius 3 is 2.58 bits per heavy atom. The van der Waals surface area contributed by atoms with Crippen LogP contribution in [-0.2, 0) is 0 Å². The lowest BCUT2D eigenvalue weighted by atomic mass is 10.0. The highest BCUT2D eigenvalue weighted by atomic mass is 19.4. The molecule has 4 unspecified atom stereocenters. The Labute approximate surface area is 203 Å². The zero-order chi connectivity index (χ0) is 26.0. The number of pyridine rings is 1. The van der Waals surface area contributed by atoms with Crippen molar-refractivity contribution in [2.45, 2.75) is 57.2 Å². The van der Waals surface area contributed by atoms with E-state index in [1.807, 2.05) is 0 Å². The van der Waals surface area contributed by atoms with Gasteiger partial charge in [-0.15, -0.1) is 0 Å². The number of halogens is 3. The van der Waals surface area contributed by atoms with Gasteiger partial charge in [-0.3, -0.25) is 0 Å². The van der Waals surface area contributed by atoms with Crippen LogP contribution in [0.15, 0.2) is 16.5 Å². The Morgan fingerprint density at radius 2 is 1.94 bits per heavy atom. The van der Waals surface area contributed by atoms with Gasteiger partial charge < -0.3 is 35.1 Å². The summed E-state index contributed by atoms with van der Waals surface area (Å²) in [4.78, 5) is 12.7. The molecule has 0 aromatic carbocycles. The average Bonchev–Trinajstić information content (AvgIpc) is 3.05. The number of furan rings is 1. The molecular weight excluding hydrogens is 483 g/mol. The maximum absolute atomic E-state index is 12.8. The molecule has 2 aliphatic carbocycles. The number of anilines is 2. The summed E-state index contributed by atoms with van der Waals surface area (Å²) in [5.41, 5.74) is -2.21. The topological polar surface area (TPSA) is 146 Å². The Balaban J connectivity index is 1.62. The number of hydrogen-bond acceptors (Lipinski definition) is 10. The molecule has 194 valence electrons. The molecule has 2 aliphatic rings. The zero-order valence-electron chi connectivity index (χ0n) is 19.8. The van der Waals surface area contributed by atoms with Crippen molar-refractivity contribution in [3.63, 3.8) is 0 Å². The summed E-state index contributed by atoms with van der Waals surface area (Å²) in [6.45, 7) is 4.14. The third-order valence-electron chi connectivity index (χ3n) is 6.75. The van der Waals surface area contributed by atoms with Crippen molar-refractivity contribution in [2.24, 2.45) is 5.92 Å². The SMILES string of the molecule is CCOc1nc(C)cc2cc(-c3c(C)nc(NCC(F)(F)F)nc3NC3(O)CCC4C(O)C43O)oc12. The molecule has 3 aromatic rings. The number of aliphatic hydroxyl groups is 3. The predicted molar refractivity (Wildman–Crippen MR) is 122 cm³/mol. The van der Waals surface area contributed by atoms with Gasteiger partial charge in [0, 0.05) is 17.0 Å². The first-order valence-corrected chi connectivity index (χ1v) is 11.5. The van der Waals surface area contributed by atoms with Crippen LogP contribution in [0.1, 0.15) is 31.2 Å². The van der Waals surface area contributed by atoms with Crippen molar-refractivity contribution in [3.8, 4) is 17.2 Å². The second-order valence-electron chi connectivity index (χ2n) is 9.26. The van der Waals surface area contributed by atoms with E-state index in [4.69, 9.17) is 9.15 Å². The van der Waals surface area contributed by atoms with E-state index in [2.05, 4.69) is 25.6 Å². The van der Waals surface area contributed by atoms with Crippen LogP contribution in [0.4, 0.5) is 24.9 Å². The van der Waals surface area contributed by atoms with Crippen LogP contribution < -0.4 is 15.4 Å². The van der Waals surface area contributed by atoms with Crippen molar-refractivity contribution in [3.05, 3.63) is 23.5 Å². The van der Waals surface area contributed by atoms with E-state index in [0.29, 0.717) is 29.7 Å². The highest BCUT2D eigenvalue weighted by molar-refractivity contribution is 5.89.